The summed E-state index contributed by atoms with van der Waals surface area (Å²) in [6, 6.07) is 13.5. The van der Waals surface area contributed by atoms with Gasteiger partial charge in [0.25, 0.3) is 11.7 Å². The van der Waals surface area contributed by atoms with Crippen LogP contribution in [0.15, 0.2) is 48.7 Å². The molecule has 134 valence electrons. The lowest BCUT2D eigenvalue weighted by atomic mass is 10.1. The molecule has 0 aliphatic carbocycles. The number of hydrogen-bond donors (Lipinski definition) is 0. The van der Waals surface area contributed by atoms with Crippen LogP contribution in [0.3, 0.4) is 0 Å². The predicted molar refractivity (Wildman–Crippen MR) is 99.1 cm³/mol. The highest BCUT2D eigenvalue weighted by atomic mass is 16.2. The van der Waals surface area contributed by atoms with Gasteiger partial charge in [0.15, 0.2) is 0 Å². The number of carbonyl (C=O) groups excluding carboxylic acids is 2. The van der Waals surface area contributed by atoms with Gasteiger partial charge in [0.05, 0.1) is 19.3 Å². The van der Waals surface area contributed by atoms with Crippen molar-refractivity contribution in [1.82, 2.24) is 4.90 Å². The van der Waals surface area contributed by atoms with Gasteiger partial charge >= 0.3 is 0 Å². The molecule has 2 aliphatic heterocycles. The summed E-state index contributed by atoms with van der Waals surface area (Å²) >= 11 is 0. The Morgan fingerprint density at radius 3 is 2.31 bits per heavy atom. The van der Waals surface area contributed by atoms with E-state index in [-0.39, 0.29) is 11.8 Å². The van der Waals surface area contributed by atoms with Crippen molar-refractivity contribution < 1.29 is 14.6 Å². The van der Waals surface area contributed by atoms with Crippen molar-refractivity contribution in [3.63, 3.8) is 0 Å². The van der Waals surface area contributed by atoms with Gasteiger partial charge in [-0.1, -0.05) is 6.07 Å². The third kappa shape index (κ3) is 3.27. The number of amides is 2. The van der Waals surface area contributed by atoms with E-state index in [1.54, 1.807) is 4.90 Å². The highest BCUT2D eigenvalue weighted by molar-refractivity contribution is 5.97. The van der Waals surface area contributed by atoms with Crippen LogP contribution >= 0.6 is 0 Å². The number of rotatable bonds is 3. The lowest BCUT2D eigenvalue weighted by Crippen LogP contribution is -2.50. The van der Waals surface area contributed by atoms with Gasteiger partial charge in [-0.05, 0) is 36.8 Å². The Morgan fingerprint density at radius 1 is 0.923 bits per heavy atom. The van der Waals surface area contributed by atoms with Crippen molar-refractivity contribution in [2.45, 2.75) is 12.8 Å². The predicted octanol–water partition coefficient (Wildman–Crippen LogP) is 1.59. The highest BCUT2D eigenvalue weighted by Gasteiger charge is 2.27. The number of anilines is 2. The Morgan fingerprint density at radius 2 is 1.69 bits per heavy atom. The van der Waals surface area contributed by atoms with Gasteiger partial charge in [0.2, 0.25) is 5.91 Å². The molecule has 2 amide bonds. The molecule has 1 N–H and O–H groups in total. The molecular weight excluding hydrogens is 328 g/mol. The van der Waals surface area contributed by atoms with Crippen LogP contribution in [0.2, 0.25) is 0 Å². The van der Waals surface area contributed by atoms with Crippen molar-refractivity contribution in [1.29, 1.82) is 0 Å². The molecule has 2 aliphatic rings. The summed E-state index contributed by atoms with van der Waals surface area (Å²) < 4.78 is 0. The number of H-pyrrole nitrogens is 1. The van der Waals surface area contributed by atoms with E-state index < -0.39 is 0 Å². The van der Waals surface area contributed by atoms with E-state index in [2.05, 4.69) is 16.0 Å². The molecule has 6 heteroatoms. The first kappa shape index (κ1) is 16.6. The molecule has 0 atom stereocenters. The smallest absolute Gasteiger partial charge is 0.274 e. The molecule has 0 spiro atoms. The number of piperazine rings is 1. The van der Waals surface area contributed by atoms with E-state index >= 15 is 0 Å². The minimum absolute atomic E-state index is 0.0565. The molecule has 26 heavy (non-hydrogen) atoms. The van der Waals surface area contributed by atoms with Gasteiger partial charge < -0.3 is 9.80 Å². The average molecular weight is 351 g/mol. The third-order valence-corrected chi connectivity index (χ3v) is 5.10. The second kappa shape index (κ2) is 7.15. The number of nitrogens with one attached hydrogen (secondary N) is 1. The SMILES string of the molecule is O=C(c1ccc(N2CCCC2=O)cc1)N1CCN(c2cccc[nH+]2)CC1. The van der Waals surface area contributed by atoms with E-state index in [0.29, 0.717) is 25.1 Å². The van der Waals surface area contributed by atoms with Gasteiger partial charge in [-0.2, -0.15) is 0 Å². The second-order valence-corrected chi connectivity index (χ2v) is 6.72. The molecule has 0 saturated carbocycles. The number of pyridine rings is 1. The van der Waals surface area contributed by atoms with E-state index in [1.165, 1.54) is 0 Å². The van der Waals surface area contributed by atoms with E-state index in [1.807, 2.05) is 47.5 Å². The summed E-state index contributed by atoms with van der Waals surface area (Å²) in [6.45, 7) is 3.80. The Kier molecular flexibility index (Phi) is 4.56. The molecule has 2 aromatic rings. The molecule has 0 bridgehead atoms. The molecule has 1 aromatic carbocycles. The first-order valence-electron chi connectivity index (χ1n) is 9.14. The zero-order valence-electron chi connectivity index (χ0n) is 14.7. The summed E-state index contributed by atoms with van der Waals surface area (Å²) in [5, 5.41) is 0. The fraction of sp³-hybridized carbons (Fsp3) is 0.350. The summed E-state index contributed by atoms with van der Waals surface area (Å²) in [7, 11) is 0. The van der Waals surface area contributed by atoms with Gasteiger partial charge in [-0.15, -0.1) is 0 Å². The summed E-state index contributed by atoms with van der Waals surface area (Å²) in [4.78, 5) is 33.8. The molecule has 3 heterocycles. The first-order chi connectivity index (χ1) is 12.7. The minimum atomic E-state index is 0.0565. The molecule has 2 fully saturated rings. The maximum absolute atomic E-state index is 12.8. The summed E-state index contributed by atoms with van der Waals surface area (Å²) in [6.07, 6.45) is 3.44. The van der Waals surface area contributed by atoms with Crippen molar-refractivity contribution in [3.05, 3.63) is 54.2 Å². The summed E-state index contributed by atoms with van der Waals surface area (Å²) in [5.74, 6) is 1.30. The van der Waals surface area contributed by atoms with Gasteiger partial charge in [-0.3, -0.25) is 14.5 Å². The third-order valence-electron chi connectivity index (χ3n) is 5.10. The van der Waals surface area contributed by atoms with Crippen LogP contribution in [-0.4, -0.2) is 49.4 Å². The van der Waals surface area contributed by atoms with Crippen molar-refractivity contribution in [2.75, 3.05) is 42.5 Å². The van der Waals surface area contributed by atoms with Crippen LogP contribution in [0.1, 0.15) is 23.2 Å². The number of aromatic amines is 1. The maximum atomic E-state index is 12.8. The Bertz CT molecular complexity index is 783. The maximum Gasteiger partial charge on any atom is 0.274 e. The first-order valence-corrected chi connectivity index (χ1v) is 9.14. The van der Waals surface area contributed by atoms with Crippen molar-refractivity contribution in [2.24, 2.45) is 0 Å². The summed E-state index contributed by atoms with van der Waals surface area (Å²) in [5.41, 5.74) is 1.56. The minimum Gasteiger partial charge on any atom is -0.331 e. The van der Waals surface area contributed by atoms with Crippen LogP contribution < -0.4 is 14.8 Å². The van der Waals surface area contributed by atoms with Gasteiger partial charge in [-0.25, -0.2) is 4.98 Å². The van der Waals surface area contributed by atoms with Crippen molar-refractivity contribution in [3.8, 4) is 0 Å². The fourth-order valence-corrected chi connectivity index (χ4v) is 3.62. The number of hydrogen-bond acceptors (Lipinski definition) is 3. The fourth-order valence-electron chi connectivity index (χ4n) is 3.62. The van der Waals surface area contributed by atoms with E-state index in [0.717, 1.165) is 37.6 Å². The average Bonchev–Trinajstić information content (AvgIpc) is 3.14. The topological polar surface area (TPSA) is 58.0 Å². The Balaban J connectivity index is 1.38. The zero-order chi connectivity index (χ0) is 17.9. The molecule has 6 nitrogen and oxygen atoms in total. The van der Waals surface area contributed by atoms with Gasteiger partial charge in [0.1, 0.15) is 13.1 Å². The van der Waals surface area contributed by atoms with Crippen LogP contribution in [0.25, 0.3) is 0 Å². The largest absolute Gasteiger partial charge is 0.331 e. The quantitative estimate of drug-likeness (QED) is 0.844. The molecular formula is C20H23N4O2+. The zero-order valence-corrected chi connectivity index (χ0v) is 14.7. The molecule has 1 aromatic heterocycles. The number of benzene rings is 1. The lowest BCUT2D eigenvalue weighted by Gasteiger charge is -2.31. The number of aromatic nitrogens is 1. The monoisotopic (exact) mass is 351 g/mol. The molecule has 0 radical (unpaired) electrons. The van der Waals surface area contributed by atoms with Crippen LogP contribution in [0, 0.1) is 0 Å². The standard InChI is InChI=1S/C20H22N4O2/c25-19-5-3-11-24(19)17-8-6-16(7-9-17)20(26)23-14-12-22(13-15-23)18-4-1-2-10-21-18/h1-2,4,6-10H,3,5,11-15H2/p+1. The van der Waals surface area contributed by atoms with Crippen LogP contribution in [-0.2, 0) is 4.79 Å². The lowest BCUT2D eigenvalue weighted by molar-refractivity contribution is -0.364. The number of nitrogens with zero attached hydrogens (tertiary/aromatic N) is 3. The van der Waals surface area contributed by atoms with Gasteiger partial charge in [0, 0.05) is 30.3 Å². The highest BCUT2D eigenvalue weighted by Crippen LogP contribution is 2.22. The second-order valence-electron chi connectivity index (χ2n) is 6.72. The van der Waals surface area contributed by atoms with E-state index in [9.17, 15) is 9.59 Å². The normalized spacial score (nSPS) is 17.7. The van der Waals surface area contributed by atoms with Crippen LogP contribution in [0.4, 0.5) is 11.5 Å². The Hall–Kier alpha value is -2.89. The number of carbonyl (C=O) groups is 2. The Labute approximate surface area is 153 Å². The van der Waals surface area contributed by atoms with Crippen LogP contribution in [0.5, 0.6) is 0 Å². The van der Waals surface area contributed by atoms with Crippen molar-refractivity contribution >= 4 is 23.3 Å². The molecule has 4 rings (SSSR count). The molecule has 0 unspecified atom stereocenters. The molecule has 2 saturated heterocycles. The van der Waals surface area contributed by atoms with E-state index in [4.69, 9.17) is 0 Å².